The normalized spacial score (nSPS) is 10.9. The van der Waals surface area contributed by atoms with Crippen LogP contribution in [0.25, 0.3) is 10.8 Å². The first-order chi connectivity index (χ1) is 14.5. The van der Waals surface area contributed by atoms with E-state index in [9.17, 15) is 9.90 Å². The summed E-state index contributed by atoms with van der Waals surface area (Å²) in [6.07, 6.45) is 3.14. The number of amides is 1. The Morgan fingerprint density at radius 2 is 1.87 bits per heavy atom. The SMILES string of the molecule is C=CCOc1cc(Br)c(C=NNC(=O)c2cc3ccccc3cc2O)cc1OCC. The van der Waals surface area contributed by atoms with Crippen LogP contribution in [0.3, 0.4) is 0 Å². The number of carbonyl (C=O) groups is 1. The predicted octanol–water partition coefficient (Wildman–Crippen LogP) is 5.04. The van der Waals surface area contributed by atoms with Crippen LogP contribution in [0, 0.1) is 0 Å². The van der Waals surface area contributed by atoms with Gasteiger partial charge in [-0.15, -0.1) is 0 Å². The molecule has 1 amide bonds. The fourth-order valence-electron chi connectivity index (χ4n) is 2.81. The highest BCUT2D eigenvalue weighted by Gasteiger charge is 2.13. The molecule has 0 aliphatic heterocycles. The number of aromatic hydroxyl groups is 1. The molecule has 0 atom stereocenters. The fraction of sp³-hybridized carbons (Fsp3) is 0.130. The molecule has 0 unspecified atom stereocenters. The zero-order chi connectivity index (χ0) is 21.5. The number of benzene rings is 3. The number of phenols is 1. The highest BCUT2D eigenvalue weighted by molar-refractivity contribution is 9.10. The standard InChI is InChI=1S/C23H21BrN2O4/c1-3-9-30-22-13-19(24)17(12-21(22)29-4-2)14-25-26-23(28)18-10-15-7-5-6-8-16(15)11-20(18)27/h3,5-8,10-14,27H,1,4,9H2,2H3,(H,26,28). The van der Waals surface area contributed by atoms with Crippen molar-refractivity contribution in [3.05, 3.63) is 76.8 Å². The average molecular weight is 469 g/mol. The molecule has 0 saturated carbocycles. The number of carbonyl (C=O) groups excluding carboxylic acids is 1. The molecule has 3 aromatic rings. The lowest BCUT2D eigenvalue weighted by molar-refractivity contribution is 0.0952. The quantitative estimate of drug-likeness (QED) is 0.275. The number of hydrazone groups is 1. The van der Waals surface area contributed by atoms with E-state index in [1.54, 1.807) is 30.3 Å². The van der Waals surface area contributed by atoms with Crippen molar-refractivity contribution in [2.75, 3.05) is 13.2 Å². The molecular formula is C23H21BrN2O4. The molecule has 0 aliphatic rings. The lowest BCUT2D eigenvalue weighted by atomic mass is 10.1. The minimum Gasteiger partial charge on any atom is -0.507 e. The maximum atomic E-state index is 12.5. The van der Waals surface area contributed by atoms with Crippen LogP contribution in [0.1, 0.15) is 22.8 Å². The van der Waals surface area contributed by atoms with Gasteiger partial charge in [0.15, 0.2) is 11.5 Å². The molecule has 6 nitrogen and oxygen atoms in total. The third-order valence-electron chi connectivity index (χ3n) is 4.20. The van der Waals surface area contributed by atoms with Crippen LogP contribution in [0.5, 0.6) is 17.2 Å². The van der Waals surface area contributed by atoms with Crippen molar-refractivity contribution in [3.8, 4) is 17.2 Å². The Hall–Kier alpha value is -3.32. The van der Waals surface area contributed by atoms with Gasteiger partial charge < -0.3 is 14.6 Å². The van der Waals surface area contributed by atoms with Crippen molar-refractivity contribution in [2.45, 2.75) is 6.92 Å². The van der Waals surface area contributed by atoms with Gasteiger partial charge in [0.05, 0.1) is 18.4 Å². The largest absolute Gasteiger partial charge is 0.507 e. The second-order valence-electron chi connectivity index (χ2n) is 6.27. The molecular weight excluding hydrogens is 448 g/mol. The smallest absolute Gasteiger partial charge is 0.275 e. The molecule has 0 bridgehead atoms. The van der Waals surface area contributed by atoms with Gasteiger partial charge in [-0.2, -0.15) is 5.10 Å². The predicted molar refractivity (Wildman–Crippen MR) is 122 cm³/mol. The van der Waals surface area contributed by atoms with E-state index in [4.69, 9.17) is 9.47 Å². The first kappa shape index (κ1) is 21.4. The van der Waals surface area contributed by atoms with E-state index in [-0.39, 0.29) is 11.3 Å². The maximum Gasteiger partial charge on any atom is 0.275 e. The van der Waals surface area contributed by atoms with Gasteiger partial charge in [-0.3, -0.25) is 4.79 Å². The molecule has 7 heteroatoms. The molecule has 0 heterocycles. The fourth-order valence-corrected chi connectivity index (χ4v) is 3.24. The number of rotatable bonds is 8. The molecule has 30 heavy (non-hydrogen) atoms. The van der Waals surface area contributed by atoms with Crippen molar-refractivity contribution in [3.63, 3.8) is 0 Å². The van der Waals surface area contributed by atoms with Crippen molar-refractivity contribution in [1.29, 1.82) is 0 Å². The van der Waals surface area contributed by atoms with Crippen molar-refractivity contribution < 1.29 is 19.4 Å². The number of hydrogen-bond acceptors (Lipinski definition) is 5. The van der Waals surface area contributed by atoms with E-state index >= 15 is 0 Å². The summed E-state index contributed by atoms with van der Waals surface area (Å²) in [7, 11) is 0. The molecule has 0 saturated heterocycles. The summed E-state index contributed by atoms with van der Waals surface area (Å²) in [5.74, 6) is 0.514. The third kappa shape index (κ3) is 4.99. The van der Waals surface area contributed by atoms with Gasteiger partial charge in [-0.1, -0.05) is 36.9 Å². The minimum atomic E-state index is -0.512. The van der Waals surface area contributed by atoms with Crippen LogP contribution >= 0.6 is 15.9 Å². The Balaban J connectivity index is 1.79. The highest BCUT2D eigenvalue weighted by atomic mass is 79.9. The molecule has 3 aromatic carbocycles. The van der Waals surface area contributed by atoms with Gasteiger partial charge in [-0.05, 0) is 57.9 Å². The Bertz CT molecular complexity index is 1110. The van der Waals surface area contributed by atoms with E-state index in [1.807, 2.05) is 31.2 Å². The molecule has 0 spiro atoms. The number of fused-ring (bicyclic) bond motifs is 1. The van der Waals surface area contributed by atoms with Gasteiger partial charge >= 0.3 is 0 Å². The lowest BCUT2D eigenvalue weighted by Crippen LogP contribution is -2.17. The van der Waals surface area contributed by atoms with E-state index in [0.29, 0.717) is 30.3 Å². The molecule has 0 fully saturated rings. The monoisotopic (exact) mass is 468 g/mol. The number of phenolic OH excluding ortho intramolecular Hbond substituents is 1. The van der Waals surface area contributed by atoms with Gasteiger partial charge in [0.1, 0.15) is 12.4 Å². The Labute approximate surface area is 183 Å². The first-order valence-corrected chi connectivity index (χ1v) is 10.1. The van der Waals surface area contributed by atoms with Crippen LogP contribution in [0.15, 0.2) is 70.8 Å². The second-order valence-corrected chi connectivity index (χ2v) is 7.12. The van der Waals surface area contributed by atoms with E-state index in [0.717, 1.165) is 15.2 Å². The summed E-state index contributed by atoms with van der Waals surface area (Å²) in [5, 5.41) is 15.9. The molecule has 2 N–H and O–H groups in total. The summed E-state index contributed by atoms with van der Waals surface area (Å²) in [4.78, 5) is 12.5. The van der Waals surface area contributed by atoms with Crippen LogP contribution < -0.4 is 14.9 Å². The highest BCUT2D eigenvalue weighted by Crippen LogP contribution is 2.33. The molecule has 154 valence electrons. The molecule has 3 rings (SSSR count). The van der Waals surface area contributed by atoms with Gasteiger partial charge in [0, 0.05) is 10.0 Å². The topological polar surface area (TPSA) is 80.2 Å². The zero-order valence-corrected chi connectivity index (χ0v) is 18.0. The van der Waals surface area contributed by atoms with Gasteiger partial charge in [0.2, 0.25) is 0 Å². The second kappa shape index (κ2) is 9.93. The number of halogens is 1. The van der Waals surface area contributed by atoms with Crippen LogP contribution in [-0.4, -0.2) is 30.4 Å². The van der Waals surface area contributed by atoms with Crippen molar-refractivity contribution >= 4 is 38.8 Å². The van der Waals surface area contributed by atoms with E-state index in [2.05, 4.69) is 33.0 Å². The summed E-state index contributed by atoms with van der Waals surface area (Å²) >= 11 is 3.47. The van der Waals surface area contributed by atoms with Gasteiger partial charge in [0.25, 0.3) is 5.91 Å². The molecule has 0 aliphatic carbocycles. The minimum absolute atomic E-state index is 0.107. The van der Waals surface area contributed by atoms with Gasteiger partial charge in [-0.25, -0.2) is 5.43 Å². The Morgan fingerprint density at radius 1 is 1.17 bits per heavy atom. The average Bonchev–Trinajstić information content (AvgIpc) is 2.74. The number of ether oxygens (including phenoxy) is 2. The van der Waals surface area contributed by atoms with Crippen LogP contribution in [0.2, 0.25) is 0 Å². The van der Waals surface area contributed by atoms with Crippen molar-refractivity contribution in [2.24, 2.45) is 5.10 Å². The first-order valence-electron chi connectivity index (χ1n) is 9.28. The van der Waals surface area contributed by atoms with E-state index < -0.39 is 5.91 Å². The van der Waals surface area contributed by atoms with Crippen LogP contribution in [0.4, 0.5) is 0 Å². The van der Waals surface area contributed by atoms with Crippen LogP contribution in [-0.2, 0) is 0 Å². The van der Waals surface area contributed by atoms with Crippen molar-refractivity contribution in [1.82, 2.24) is 5.43 Å². The third-order valence-corrected chi connectivity index (χ3v) is 4.88. The Kier molecular flexibility index (Phi) is 7.08. The molecule has 0 aromatic heterocycles. The zero-order valence-electron chi connectivity index (χ0n) is 16.4. The van der Waals surface area contributed by atoms with E-state index in [1.165, 1.54) is 6.21 Å². The summed E-state index contributed by atoms with van der Waals surface area (Å²) in [6.45, 7) is 6.34. The summed E-state index contributed by atoms with van der Waals surface area (Å²) in [5.41, 5.74) is 3.28. The number of nitrogens with one attached hydrogen (secondary N) is 1. The summed E-state index contributed by atoms with van der Waals surface area (Å²) in [6, 6.07) is 14.2. The molecule has 0 radical (unpaired) electrons. The number of hydrogen-bond donors (Lipinski definition) is 2. The Morgan fingerprint density at radius 3 is 2.57 bits per heavy atom. The maximum absolute atomic E-state index is 12.5. The lowest BCUT2D eigenvalue weighted by Gasteiger charge is -2.12. The number of nitrogens with zero attached hydrogens (tertiary/aromatic N) is 1. The summed E-state index contributed by atoms with van der Waals surface area (Å²) < 4.78 is 11.9.